The third-order valence-electron chi connectivity index (χ3n) is 2.91. The summed E-state index contributed by atoms with van der Waals surface area (Å²) in [5.74, 6) is 2.48. The van der Waals surface area contributed by atoms with Crippen LogP contribution in [0.4, 0.5) is 0 Å². The van der Waals surface area contributed by atoms with Gasteiger partial charge in [-0.25, -0.2) is 0 Å². The Bertz CT molecular complexity index is 527. The summed E-state index contributed by atoms with van der Waals surface area (Å²) in [6.45, 7) is 7.36. The van der Waals surface area contributed by atoms with E-state index in [1.165, 1.54) is 0 Å². The molecule has 0 amide bonds. The van der Waals surface area contributed by atoms with Gasteiger partial charge < -0.3 is 9.47 Å². The van der Waals surface area contributed by atoms with E-state index < -0.39 is 0 Å². The number of rotatable bonds is 5. The van der Waals surface area contributed by atoms with Crippen LogP contribution in [-0.2, 0) is 0 Å². The van der Waals surface area contributed by atoms with Gasteiger partial charge in [-0.1, -0.05) is 45.0 Å². The first-order valence-electron chi connectivity index (χ1n) is 6.99. The first kappa shape index (κ1) is 14.4. The van der Waals surface area contributed by atoms with Crippen molar-refractivity contribution in [3.05, 3.63) is 54.6 Å². The van der Waals surface area contributed by atoms with Crippen molar-refractivity contribution in [2.75, 3.05) is 6.61 Å². The minimum atomic E-state index is 0.290. The van der Waals surface area contributed by atoms with Crippen molar-refractivity contribution < 1.29 is 9.47 Å². The van der Waals surface area contributed by atoms with Crippen LogP contribution in [0.25, 0.3) is 0 Å². The van der Waals surface area contributed by atoms with Gasteiger partial charge in [0.1, 0.15) is 17.2 Å². The molecular formula is C18H22O2. The van der Waals surface area contributed by atoms with E-state index in [0.29, 0.717) is 0 Å². The molecule has 0 aliphatic carbocycles. The van der Waals surface area contributed by atoms with Gasteiger partial charge in [-0.3, -0.25) is 0 Å². The summed E-state index contributed by atoms with van der Waals surface area (Å²) in [5.41, 5.74) is 0.290. The zero-order chi connectivity index (χ0) is 14.4. The molecule has 0 saturated heterocycles. The Morgan fingerprint density at radius 3 is 2.15 bits per heavy atom. The van der Waals surface area contributed by atoms with E-state index in [-0.39, 0.29) is 5.41 Å². The Hall–Kier alpha value is -1.96. The van der Waals surface area contributed by atoms with Crippen LogP contribution in [0.5, 0.6) is 17.2 Å². The molecule has 0 radical (unpaired) electrons. The van der Waals surface area contributed by atoms with Crippen molar-refractivity contribution in [2.24, 2.45) is 5.41 Å². The summed E-state index contributed by atoms with van der Waals surface area (Å²) in [4.78, 5) is 0. The van der Waals surface area contributed by atoms with Gasteiger partial charge in [-0.2, -0.15) is 0 Å². The number of benzene rings is 2. The molecule has 0 atom stereocenters. The minimum Gasteiger partial charge on any atom is -0.493 e. The summed E-state index contributed by atoms with van der Waals surface area (Å²) in [6.07, 6.45) is 1.02. The van der Waals surface area contributed by atoms with Crippen LogP contribution in [0.2, 0.25) is 0 Å². The maximum Gasteiger partial charge on any atom is 0.131 e. The standard InChI is InChI=1S/C18H22O2/c1-18(2,3)12-13-19-16-10-7-11-17(14-16)20-15-8-5-4-6-9-15/h4-11,14H,12-13H2,1-3H3. The molecule has 2 nitrogen and oxygen atoms in total. The molecule has 0 aliphatic rings. The molecule has 0 aliphatic heterocycles. The van der Waals surface area contributed by atoms with Gasteiger partial charge in [0.15, 0.2) is 0 Å². The van der Waals surface area contributed by atoms with E-state index in [1.54, 1.807) is 0 Å². The second-order valence-electron chi connectivity index (χ2n) is 6.05. The van der Waals surface area contributed by atoms with Crippen LogP contribution in [0.1, 0.15) is 27.2 Å². The number of ether oxygens (including phenoxy) is 2. The first-order valence-corrected chi connectivity index (χ1v) is 6.99. The average molecular weight is 270 g/mol. The SMILES string of the molecule is CC(C)(C)CCOc1cccc(Oc2ccccc2)c1. The largest absolute Gasteiger partial charge is 0.493 e. The Balaban J connectivity index is 1.94. The molecule has 2 rings (SSSR count). The molecule has 106 valence electrons. The number of para-hydroxylation sites is 1. The molecule has 0 saturated carbocycles. The van der Waals surface area contributed by atoms with Crippen LogP contribution in [0.15, 0.2) is 54.6 Å². The fourth-order valence-corrected chi connectivity index (χ4v) is 1.73. The highest BCUT2D eigenvalue weighted by Gasteiger charge is 2.10. The summed E-state index contributed by atoms with van der Waals surface area (Å²) in [7, 11) is 0. The average Bonchev–Trinajstić information content (AvgIpc) is 2.39. The lowest BCUT2D eigenvalue weighted by Crippen LogP contribution is -2.11. The molecule has 20 heavy (non-hydrogen) atoms. The highest BCUT2D eigenvalue weighted by Crippen LogP contribution is 2.26. The summed E-state index contributed by atoms with van der Waals surface area (Å²) >= 11 is 0. The normalized spacial score (nSPS) is 11.2. The third-order valence-corrected chi connectivity index (χ3v) is 2.91. The van der Waals surface area contributed by atoms with Crippen molar-refractivity contribution >= 4 is 0 Å². The summed E-state index contributed by atoms with van der Waals surface area (Å²) < 4.78 is 11.6. The van der Waals surface area contributed by atoms with Crippen molar-refractivity contribution in [1.29, 1.82) is 0 Å². The van der Waals surface area contributed by atoms with Crippen LogP contribution < -0.4 is 9.47 Å². The molecule has 0 spiro atoms. The van der Waals surface area contributed by atoms with Crippen LogP contribution in [0, 0.1) is 5.41 Å². The topological polar surface area (TPSA) is 18.5 Å². The molecule has 2 aromatic carbocycles. The molecule has 0 bridgehead atoms. The fraction of sp³-hybridized carbons (Fsp3) is 0.333. The molecule has 0 N–H and O–H groups in total. The van der Waals surface area contributed by atoms with Crippen molar-refractivity contribution in [3.63, 3.8) is 0 Å². The number of hydrogen-bond acceptors (Lipinski definition) is 2. The quantitative estimate of drug-likeness (QED) is 0.734. The van der Waals surface area contributed by atoms with E-state index in [0.717, 1.165) is 30.3 Å². The van der Waals surface area contributed by atoms with Gasteiger partial charge in [0.25, 0.3) is 0 Å². The third kappa shape index (κ3) is 4.96. The molecular weight excluding hydrogens is 248 g/mol. The van der Waals surface area contributed by atoms with Crippen molar-refractivity contribution in [3.8, 4) is 17.2 Å². The van der Waals surface area contributed by atoms with Crippen LogP contribution in [0.3, 0.4) is 0 Å². The molecule has 0 unspecified atom stereocenters. The smallest absolute Gasteiger partial charge is 0.131 e. The lowest BCUT2D eigenvalue weighted by atomic mass is 9.93. The number of hydrogen-bond donors (Lipinski definition) is 0. The molecule has 2 aromatic rings. The Labute approximate surface area is 121 Å². The lowest BCUT2D eigenvalue weighted by molar-refractivity contribution is 0.242. The predicted octanol–water partition coefficient (Wildman–Crippen LogP) is 5.29. The van der Waals surface area contributed by atoms with E-state index >= 15 is 0 Å². The Morgan fingerprint density at radius 1 is 0.800 bits per heavy atom. The highest BCUT2D eigenvalue weighted by molar-refractivity contribution is 5.36. The van der Waals surface area contributed by atoms with Crippen LogP contribution in [-0.4, -0.2) is 6.61 Å². The molecule has 0 fully saturated rings. The Kier molecular flexibility index (Phi) is 4.67. The van der Waals surface area contributed by atoms with Gasteiger partial charge >= 0.3 is 0 Å². The first-order chi connectivity index (χ1) is 9.53. The maximum absolute atomic E-state index is 5.79. The molecule has 0 aromatic heterocycles. The zero-order valence-electron chi connectivity index (χ0n) is 12.4. The highest BCUT2D eigenvalue weighted by atomic mass is 16.5. The van der Waals surface area contributed by atoms with E-state index in [1.807, 2.05) is 54.6 Å². The van der Waals surface area contributed by atoms with Crippen molar-refractivity contribution in [1.82, 2.24) is 0 Å². The summed E-state index contributed by atoms with van der Waals surface area (Å²) in [5, 5.41) is 0. The van der Waals surface area contributed by atoms with Gasteiger partial charge in [0.2, 0.25) is 0 Å². The van der Waals surface area contributed by atoms with Crippen LogP contribution >= 0.6 is 0 Å². The van der Waals surface area contributed by atoms with E-state index in [4.69, 9.17) is 9.47 Å². The van der Waals surface area contributed by atoms with Gasteiger partial charge in [0.05, 0.1) is 6.61 Å². The minimum absolute atomic E-state index is 0.290. The van der Waals surface area contributed by atoms with Crippen molar-refractivity contribution in [2.45, 2.75) is 27.2 Å². The lowest BCUT2D eigenvalue weighted by Gasteiger charge is -2.18. The van der Waals surface area contributed by atoms with E-state index in [9.17, 15) is 0 Å². The molecule has 2 heteroatoms. The van der Waals surface area contributed by atoms with E-state index in [2.05, 4.69) is 20.8 Å². The fourth-order valence-electron chi connectivity index (χ4n) is 1.73. The second-order valence-corrected chi connectivity index (χ2v) is 6.05. The second kappa shape index (κ2) is 6.47. The summed E-state index contributed by atoms with van der Waals surface area (Å²) in [6, 6.07) is 17.5. The predicted molar refractivity (Wildman–Crippen MR) is 82.5 cm³/mol. The van der Waals surface area contributed by atoms with Gasteiger partial charge in [0, 0.05) is 6.07 Å². The van der Waals surface area contributed by atoms with Gasteiger partial charge in [-0.15, -0.1) is 0 Å². The molecule has 0 heterocycles. The zero-order valence-corrected chi connectivity index (χ0v) is 12.4. The maximum atomic E-state index is 5.79. The monoisotopic (exact) mass is 270 g/mol. The Morgan fingerprint density at radius 2 is 1.45 bits per heavy atom. The van der Waals surface area contributed by atoms with Gasteiger partial charge in [-0.05, 0) is 36.1 Å².